The van der Waals surface area contributed by atoms with Crippen molar-refractivity contribution in [2.45, 2.75) is 97.5 Å². The summed E-state index contributed by atoms with van der Waals surface area (Å²) in [5.74, 6) is -0.216. The van der Waals surface area contributed by atoms with Gasteiger partial charge in [-0.1, -0.05) is 13.2 Å². The zero-order valence-corrected chi connectivity index (χ0v) is 25.9. The molecule has 216 valence electrons. The molecule has 4 aliphatic rings. The van der Waals surface area contributed by atoms with Crippen LogP contribution in [0.1, 0.15) is 64.2 Å². The van der Waals surface area contributed by atoms with Crippen LogP contribution in [0.2, 0.25) is 0 Å². The van der Waals surface area contributed by atoms with E-state index in [4.69, 9.17) is 23.2 Å². The molecule has 0 aromatic rings. The molecule has 6 nitrogen and oxygen atoms in total. The molecule has 10 heteroatoms. The van der Waals surface area contributed by atoms with Crippen molar-refractivity contribution in [1.29, 1.82) is 0 Å². The maximum Gasteiger partial charge on any atom is 0.243 e. The first-order chi connectivity index (χ1) is 18.9. The number of nitrogens with one attached hydrogen (secondary N) is 2. The second kappa shape index (κ2) is 15.2. The molecule has 2 amide bonds. The summed E-state index contributed by atoms with van der Waals surface area (Å²) < 4.78 is 2.61. The molecule has 2 heterocycles. The lowest BCUT2D eigenvalue weighted by molar-refractivity contribution is -0.562. The van der Waals surface area contributed by atoms with E-state index in [9.17, 15) is 9.59 Å². The number of halogens is 2. The van der Waals surface area contributed by atoms with Gasteiger partial charge in [0.25, 0.3) is 0 Å². The smallest absolute Gasteiger partial charge is 0.243 e. The molecule has 6 unspecified atom stereocenters. The highest BCUT2D eigenvalue weighted by Crippen LogP contribution is 2.48. The van der Waals surface area contributed by atoms with Gasteiger partial charge in [0.1, 0.15) is 6.54 Å². The first-order valence-electron chi connectivity index (χ1n) is 14.4. The summed E-state index contributed by atoms with van der Waals surface area (Å²) in [6, 6.07) is 0.951. The van der Waals surface area contributed by atoms with Gasteiger partial charge in [-0.2, -0.15) is 0 Å². The van der Waals surface area contributed by atoms with Crippen molar-refractivity contribution in [2.24, 2.45) is 0 Å². The second-order valence-corrected chi connectivity index (χ2v) is 14.6. The first kappa shape index (κ1) is 30.9. The van der Waals surface area contributed by atoms with E-state index in [2.05, 4.69) is 39.3 Å². The molecule has 2 aliphatic carbocycles. The highest BCUT2D eigenvalue weighted by molar-refractivity contribution is 8.15. The van der Waals surface area contributed by atoms with Gasteiger partial charge in [-0.3, -0.25) is 9.59 Å². The predicted octanol–water partition coefficient (Wildman–Crippen LogP) is 5.26. The van der Waals surface area contributed by atoms with Gasteiger partial charge in [0, 0.05) is 60.6 Å². The average molecular weight is 615 g/mol. The van der Waals surface area contributed by atoms with Crippen molar-refractivity contribution < 1.29 is 14.2 Å². The molecule has 0 aromatic carbocycles. The third-order valence-corrected chi connectivity index (χ3v) is 11.8. The number of fused-ring (bicyclic) bond motifs is 2. The summed E-state index contributed by atoms with van der Waals surface area (Å²) in [4.78, 5) is 25.6. The summed E-state index contributed by atoms with van der Waals surface area (Å²) in [6.07, 6.45) is 15.6. The van der Waals surface area contributed by atoms with Crippen LogP contribution in [0.25, 0.3) is 0 Å². The number of rotatable bonds is 13. The highest BCUT2D eigenvalue weighted by atomic mass is 35.5. The molecule has 3 fully saturated rings. The Labute approximate surface area is 252 Å². The lowest BCUT2D eigenvalue weighted by Gasteiger charge is -2.34. The van der Waals surface area contributed by atoms with E-state index in [1.165, 1.54) is 22.2 Å². The monoisotopic (exact) mass is 613 g/mol. The van der Waals surface area contributed by atoms with Crippen molar-refractivity contribution in [3.63, 3.8) is 0 Å². The Morgan fingerprint density at radius 3 is 2.23 bits per heavy atom. The van der Waals surface area contributed by atoms with Gasteiger partial charge in [-0.15, -0.1) is 35.0 Å². The van der Waals surface area contributed by atoms with E-state index in [1.54, 1.807) is 0 Å². The van der Waals surface area contributed by atoms with Crippen molar-refractivity contribution >= 4 is 63.6 Å². The molecule has 6 atom stereocenters. The maximum atomic E-state index is 11.5. The van der Waals surface area contributed by atoms with Gasteiger partial charge in [-0.25, -0.2) is 4.58 Å². The Morgan fingerprint density at radius 2 is 1.54 bits per heavy atom. The van der Waals surface area contributed by atoms with E-state index in [-0.39, 0.29) is 22.6 Å². The van der Waals surface area contributed by atoms with Crippen LogP contribution in [0.4, 0.5) is 0 Å². The van der Waals surface area contributed by atoms with Gasteiger partial charge in [-0.05, 0) is 75.3 Å². The Bertz CT molecular complexity index is 975. The third-order valence-electron chi connectivity index (χ3n) is 8.16. The molecule has 0 radical (unpaired) electrons. The van der Waals surface area contributed by atoms with Crippen LogP contribution in [0, 0.1) is 0 Å². The standard InChI is InChI=1S/C29H42Cl2N4O2S2/c1-3-26(36)32-13-5-7-15-34-22-17-20(30)9-11-24(22)38-28(34)19-29-35(16-8-6-14-33-27(37)4-2)23-18-21(31)10-12-25(23)39-29/h3-4,19-25H,1-2,5-18H2,(H-,32,33,36,37)/p+1. The molecule has 4 rings (SSSR count). The number of hydrogen-bond donors (Lipinski definition) is 2. The molecule has 39 heavy (non-hydrogen) atoms. The molecule has 0 aromatic heterocycles. The fourth-order valence-corrected chi connectivity index (χ4v) is 9.85. The first-order valence-corrected chi connectivity index (χ1v) is 17.1. The van der Waals surface area contributed by atoms with Gasteiger partial charge < -0.3 is 15.5 Å². The molecule has 2 N–H and O–H groups in total. The number of amides is 2. The lowest BCUT2D eigenvalue weighted by Crippen LogP contribution is -2.40. The minimum absolute atomic E-state index is 0.108. The second-order valence-electron chi connectivity index (χ2n) is 10.9. The van der Waals surface area contributed by atoms with E-state index in [0.29, 0.717) is 35.7 Å². The van der Waals surface area contributed by atoms with Crippen LogP contribution in [0.5, 0.6) is 0 Å². The lowest BCUT2D eigenvalue weighted by atomic mass is 9.93. The fourth-order valence-electron chi connectivity index (χ4n) is 6.11. The normalized spacial score (nSPS) is 31.1. The van der Waals surface area contributed by atoms with Crippen LogP contribution in [0.3, 0.4) is 0 Å². The average Bonchev–Trinajstić information content (AvgIpc) is 3.44. The zero-order chi connectivity index (χ0) is 27.8. The molecule has 2 aliphatic heterocycles. The summed E-state index contributed by atoms with van der Waals surface area (Å²) in [7, 11) is 0. The predicted molar refractivity (Wildman–Crippen MR) is 167 cm³/mol. The van der Waals surface area contributed by atoms with Crippen LogP contribution in [0.15, 0.2) is 36.4 Å². The SMILES string of the molecule is C=CC(=O)NCCCCN1C(=CC2=[N+](CCCCNC(=O)C=C)C3CC(Cl)CCC3S2)SC2CCC(Cl)CC21. The van der Waals surface area contributed by atoms with Crippen LogP contribution in [-0.2, 0) is 9.59 Å². The minimum Gasteiger partial charge on any atom is -0.362 e. The van der Waals surface area contributed by atoms with Crippen molar-refractivity contribution in [3.05, 3.63) is 36.4 Å². The molecule has 0 bridgehead atoms. The van der Waals surface area contributed by atoms with Crippen molar-refractivity contribution in [1.82, 2.24) is 15.5 Å². The number of carbonyl (C=O) groups excluding carboxylic acids is 2. The van der Waals surface area contributed by atoms with Gasteiger partial charge >= 0.3 is 0 Å². The maximum absolute atomic E-state index is 11.5. The quantitative estimate of drug-likeness (QED) is 0.128. The van der Waals surface area contributed by atoms with Crippen LogP contribution in [-0.4, -0.2) is 85.9 Å². The molecular formula is C29H43Cl2N4O2S2+. The van der Waals surface area contributed by atoms with E-state index in [1.807, 2.05) is 23.5 Å². The van der Waals surface area contributed by atoms with Crippen molar-refractivity contribution in [2.75, 3.05) is 26.2 Å². The highest BCUT2D eigenvalue weighted by Gasteiger charge is 2.47. The van der Waals surface area contributed by atoms with Gasteiger partial charge in [0.15, 0.2) is 6.04 Å². The van der Waals surface area contributed by atoms with Crippen LogP contribution >= 0.6 is 46.7 Å². The number of thioether (sulfide) groups is 2. The van der Waals surface area contributed by atoms with Gasteiger partial charge in [0.05, 0.1) is 10.3 Å². The van der Waals surface area contributed by atoms with Gasteiger partial charge in [0.2, 0.25) is 16.9 Å². The Balaban J connectivity index is 1.48. The largest absolute Gasteiger partial charge is 0.362 e. The number of alkyl halides is 2. The Morgan fingerprint density at radius 1 is 0.897 bits per heavy atom. The minimum atomic E-state index is -0.108. The summed E-state index contributed by atoms with van der Waals surface area (Å²) in [5.41, 5.74) is 0. The van der Waals surface area contributed by atoms with E-state index in [0.717, 1.165) is 77.3 Å². The number of carbonyl (C=O) groups is 2. The summed E-state index contributed by atoms with van der Waals surface area (Å²) >= 11 is 17.4. The third kappa shape index (κ3) is 8.46. The summed E-state index contributed by atoms with van der Waals surface area (Å²) in [6.45, 7) is 10.4. The number of hydrogen-bond acceptors (Lipinski definition) is 5. The zero-order valence-electron chi connectivity index (χ0n) is 22.8. The summed E-state index contributed by atoms with van der Waals surface area (Å²) in [5, 5.41) is 10.2. The molecule has 0 spiro atoms. The van der Waals surface area contributed by atoms with Crippen molar-refractivity contribution in [3.8, 4) is 0 Å². The number of unbranched alkanes of at least 4 members (excludes halogenated alkanes) is 2. The molecule has 2 saturated carbocycles. The molecular weight excluding hydrogens is 571 g/mol. The molecule has 1 saturated heterocycles. The number of nitrogens with zero attached hydrogens (tertiary/aromatic N) is 2. The topological polar surface area (TPSA) is 64.5 Å². The fraction of sp³-hybridized carbons (Fsp3) is 0.690. The van der Waals surface area contributed by atoms with Crippen LogP contribution < -0.4 is 10.6 Å². The van der Waals surface area contributed by atoms with E-state index >= 15 is 0 Å². The Kier molecular flexibility index (Phi) is 12.0. The Hall–Kier alpha value is -1.09. The van der Waals surface area contributed by atoms with E-state index < -0.39 is 0 Å².